The van der Waals surface area contributed by atoms with Crippen LogP contribution < -0.4 is 5.73 Å². The Balaban J connectivity index is 1.97. The van der Waals surface area contributed by atoms with Gasteiger partial charge in [0.05, 0.1) is 11.2 Å². The fraction of sp³-hybridized carbons (Fsp3) is 0.533. The Hall–Kier alpha value is -1.39. The van der Waals surface area contributed by atoms with E-state index in [9.17, 15) is 0 Å². The second kappa shape index (κ2) is 6.68. The van der Waals surface area contributed by atoms with Gasteiger partial charge >= 0.3 is 0 Å². The maximum absolute atomic E-state index is 6.16. The number of fused-ring (bicyclic) bond motifs is 1. The van der Waals surface area contributed by atoms with Crippen LogP contribution in [0.1, 0.15) is 25.5 Å². The number of para-hydroxylation sites is 1. The molecule has 0 aliphatic heterocycles. The molecule has 4 heteroatoms. The number of ether oxygens (including phenoxy) is 1. The van der Waals surface area contributed by atoms with Crippen molar-refractivity contribution in [3.05, 3.63) is 30.0 Å². The van der Waals surface area contributed by atoms with Crippen molar-refractivity contribution in [2.24, 2.45) is 12.8 Å². The first-order valence-corrected chi connectivity index (χ1v) is 6.96. The van der Waals surface area contributed by atoms with Crippen molar-refractivity contribution in [2.75, 3.05) is 13.2 Å². The van der Waals surface area contributed by atoms with Gasteiger partial charge in [-0.25, -0.2) is 0 Å². The normalized spacial score (nSPS) is 13.0. The molecule has 1 atom stereocenters. The van der Waals surface area contributed by atoms with Crippen LogP contribution >= 0.6 is 0 Å². The molecule has 0 bridgehead atoms. The molecule has 0 amide bonds. The van der Waals surface area contributed by atoms with E-state index in [1.807, 2.05) is 23.9 Å². The Labute approximate surface area is 114 Å². The van der Waals surface area contributed by atoms with Crippen LogP contribution in [0, 0.1) is 0 Å². The van der Waals surface area contributed by atoms with Crippen molar-refractivity contribution in [1.82, 2.24) is 9.78 Å². The van der Waals surface area contributed by atoms with E-state index in [-0.39, 0.29) is 6.04 Å². The lowest BCUT2D eigenvalue weighted by molar-refractivity contribution is 0.127. The van der Waals surface area contributed by atoms with E-state index in [4.69, 9.17) is 10.5 Å². The SMILES string of the molecule is CCCOCCC(N)Cc1nn(C)c2ccccc12. The fourth-order valence-corrected chi connectivity index (χ4v) is 2.27. The third-order valence-electron chi connectivity index (χ3n) is 3.27. The lowest BCUT2D eigenvalue weighted by Crippen LogP contribution is -2.25. The number of hydrogen-bond donors (Lipinski definition) is 1. The van der Waals surface area contributed by atoms with E-state index in [1.54, 1.807) is 0 Å². The molecule has 0 saturated heterocycles. The molecule has 0 radical (unpaired) electrons. The van der Waals surface area contributed by atoms with E-state index >= 15 is 0 Å². The summed E-state index contributed by atoms with van der Waals surface area (Å²) in [5.41, 5.74) is 8.40. The number of nitrogens with zero attached hydrogens (tertiary/aromatic N) is 2. The van der Waals surface area contributed by atoms with E-state index in [2.05, 4.69) is 24.2 Å². The van der Waals surface area contributed by atoms with Crippen LogP contribution in [0.4, 0.5) is 0 Å². The first-order chi connectivity index (χ1) is 9.22. The Morgan fingerprint density at radius 3 is 2.89 bits per heavy atom. The first kappa shape index (κ1) is 14.0. The third-order valence-corrected chi connectivity index (χ3v) is 3.27. The molecule has 2 aromatic rings. The Morgan fingerprint density at radius 2 is 2.11 bits per heavy atom. The highest BCUT2D eigenvalue weighted by Crippen LogP contribution is 2.18. The highest BCUT2D eigenvalue weighted by atomic mass is 16.5. The van der Waals surface area contributed by atoms with Crippen LogP contribution in [0.3, 0.4) is 0 Å². The number of nitrogens with two attached hydrogens (primary N) is 1. The number of benzene rings is 1. The Morgan fingerprint density at radius 1 is 1.32 bits per heavy atom. The largest absolute Gasteiger partial charge is 0.381 e. The molecule has 104 valence electrons. The molecule has 4 nitrogen and oxygen atoms in total. The van der Waals surface area contributed by atoms with Gasteiger partial charge in [0.25, 0.3) is 0 Å². The number of rotatable bonds is 7. The summed E-state index contributed by atoms with van der Waals surface area (Å²) in [5, 5.41) is 5.77. The zero-order valence-corrected chi connectivity index (χ0v) is 11.8. The lowest BCUT2D eigenvalue weighted by Gasteiger charge is -2.10. The minimum absolute atomic E-state index is 0.107. The molecule has 1 unspecified atom stereocenters. The average Bonchev–Trinajstić information content (AvgIpc) is 2.72. The summed E-state index contributed by atoms with van der Waals surface area (Å²) in [6.45, 7) is 3.67. The van der Waals surface area contributed by atoms with Crippen molar-refractivity contribution in [3.8, 4) is 0 Å². The molecule has 19 heavy (non-hydrogen) atoms. The second-order valence-corrected chi connectivity index (χ2v) is 4.95. The number of aryl methyl sites for hydroxylation is 1. The molecule has 0 aliphatic carbocycles. The monoisotopic (exact) mass is 261 g/mol. The maximum Gasteiger partial charge on any atom is 0.0718 e. The summed E-state index contributed by atoms with van der Waals surface area (Å²) in [7, 11) is 1.97. The summed E-state index contributed by atoms with van der Waals surface area (Å²) >= 11 is 0. The standard InChI is InChI=1S/C15H23N3O/c1-3-9-19-10-8-12(16)11-14-13-6-4-5-7-15(13)18(2)17-14/h4-7,12H,3,8-11,16H2,1-2H3. The summed E-state index contributed by atoms with van der Waals surface area (Å²) < 4.78 is 7.40. The topological polar surface area (TPSA) is 53.1 Å². The van der Waals surface area contributed by atoms with Crippen molar-refractivity contribution in [2.45, 2.75) is 32.2 Å². The zero-order chi connectivity index (χ0) is 13.7. The number of aromatic nitrogens is 2. The maximum atomic E-state index is 6.16. The molecule has 0 saturated carbocycles. The quantitative estimate of drug-likeness (QED) is 0.778. The second-order valence-electron chi connectivity index (χ2n) is 4.95. The van der Waals surface area contributed by atoms with Crippen LogP contribution in [0.5, 0.6) is 0 Å². The highest BCUT2D eigenvalue weighted by molar-refractivity contribution is 5.81. The van der Waals surface area contributed by atoms with Crippen LogP contribution in [0.2, 0.25) is 0 Å². The average molecular weight is 261 g/mol. The van der Waals surface area contributed by atoms with Gasteiger partial charge in [-0.1, -0.05) is 25.1 Å². The summed E-state index contributed by atoms with van der Waals surface area (Å²) in [4.78, 5) is 0. The van der Waals surface area contributed by atoms with Crippen molar-refractivity contribution in [3.63, 3.8) is 0 Å². The minimum Gasteiger partial charge on any atom is -0.381 e. The highest BCUT2D eigenvalue weighted by Gasteiger charge is 2.11. The van der Waals surface area contributed by atoms with Gasteiger partial charge in [0.1, 0.15) is 0 Å². The van der Waals surface area contributed by atoms with Crippen molar-refractivity contribution in [1.29, 1.82) is 0 Å². The molecule has 1 aromatic carbocycles. The first-order valence-electron chi connectivity index (χ1n) is 6.96. The Kier molecular flexibility index (Phi) is 4.93. The fourth-order valence-electron chi connectivity index (χ4n) is 2.27. The van der Waals surface area contributed by atoms with Crippen LogP contribution in [0.15, 0.2) is 24.3 Å². The molecule has 1 aromatic heterocycles. The summed E-state index contributed by atoms with van der Waals surface area (Å²) in [6, 6.07) is 8.38. The predicted octanol–water partition coefficient (Wildman–Crippen LogP) is 2.26. The van der Waals surface area contributed by atoms with E-state index < -0.39 is 0 Å². The van der Waals surface area contributed by atoms with Gasteiger partial charge in [0.2, 0.25) is 0 Å². The third kappa shape index (κ3) is 3.55. The molecular formula is C15H23N3O. The zero-order valence-electron chi connectivity index (χ0n) is 11.8. The molecule has 2 rings (SSSR count). The van der Waals surface area contributed by atoms with Gasteiger partial charge in [0, 0.05) is 38.1 Å². The van der Waals surface area contributed by atoms with Crippen LogP contribution in [-0.2, 0) is 18.2 Å². The van der Waals surface area contributed by atoms with Gasteiger partial charge < -0.3 is 10.5 Å². The van der Waals surface area contributed by atoms with Gasteiger partial charge in [-0.2, -0.15) is 5.10 Å². The predicted molar refractivity (Wildman–Crippen MR) is 78.1 cm³/mol. The smallest absolute Gasteiger partial charge is 0.0718 e. The Bertz CT molecular complexity index is 521. The summed E-state index contributed by atoms with van der Waals surface area (Å²) in [5.74, 6) is 0. The molecule has 1 heterocycles. The van der Waals surface area contributed by atoms with Gasteiger partial charge in [0.15, 0.2) is 0 Å². The minimum atomic E-state index is 0.107. The molecule has 0 fully saturated rings. The summed E-state index contributed by atoms with van der Waals surface area (Å²) in [6.07, 6.45) is 2.74. The van der Waals surface area contributed by atoms with Gasteiger partial charge in [-0.15, -0.1) is 0 Å². The van der Waals surface area contributed by atoms with Gasteiger partial charge in [-0.3, -0.25) is 4.68 Å². The molecule has 2 N–H and O–H groups in total. The van der Waals surface area contributed by atoms with Crippen LogP contribution in [-0.4, -0.2) is 29.0 Å². The molecule has 0 aliphatic rings. The lowest BCUT2D eigenvalue weighted by atomic mass is 10.1. The van der Waals surface area contributed by atoms with E-state index in [1.165, 1.54) is 5.39 Å². The molecular weight excluding hydrogens is 238 g/mol. The van der Waals surface area contributed by atoms with Gasteiger partial charge in [-0.05, 0) is 18.9 Å². The van der Waals surface area contributed by atoms with Crippen LogP contribution in [0.25, 0.3) is 10.9 Å². The number of hydrogen-bond acceptors (Lipinski definition) is 3. The van der Waals surface area contributed by atoms with E-state index in [0.29, 0.717) is 0 Å². The van der Waals surface area contributed by atoms with Crippen molar-refractivity contribution >= 4 is 10.9 Å². The molecule has 0 spiro atoms. The van der Waals surface area contributed by atoms with Crippen molar-refractivity contribution < 1.29 is 4.74 Å². The van der Waals surface area contributed by atoms with E-state index in [0.717, 1.165) is 43.7 Å².